The van der Waals surface area contributed by atoms with Gasteiger partial charge in [-0.15, -0.1) is 0 Å². The van der Waals surface area contributed by atoms with Crippen LogP contribution in [0.25, 0.3) is 0 Å². The molecule has 26 heavy (non-hydrogen) atoms. The van der Waals surface area contributed by atoms with E-state index < -0.39 is 27.5 Å². The lowest BCUT2D eigenvalue weighted by Crippen LogP contribution is -2.29. The van der Waals surface area contributed by atoms with Gasteiger partial charge in [-0.3, -0.25) is 4.79 Å². The molecule has 0 atom stereocenters. The van der Waals surface area contributed by atoms with Crippen molar-refractivity contribution in [2.24, 2.45) is 0 Å². The Kier molecular flexibility index (Phi) is 5.41. The molecule has 1 heterocycles. The number of pyridine rings is 1. The van der Waals surface area contributed by atoms with E-state index >= 15 is 0 Å². The van der Waals surface area contributed by atoms with E-state index in [0.717, 1.165) is 29.2 Å². The summed E-state index contributed by atoms with van der Waals surface area (Å²) in [6, 6.07) is 5.35. The van der Waals surface area contributed by atoms with E-state index in [1.54, 1.807) is 6.92 Å². The molecular formula is C17H17F3N2O3S. The van der Waals surface area contributed by atoms with Crippen LogP contribution in [0.2, 0.25) is 0 Å². The first-order valence-electron chi connectivity index (χ1n) is 7.62. The Morgan fingerprint density at radius 3 is 2.27 bits per heavy atom. The molecule has 1 aromatic carbocycles. The predicted octanol–water partition coefficient (Wildman–Crippen LogP) is 3.48. The van der Waals surface area contributed by atoms with Crippen LogP contribution < -0.4 is 4.90 Å². The second-order valence-corrected chi connectivity index (χ2v) is 7.92. The Labute approximate surface area is 149 Å². The van der Waals surface area contributed by atoms with Gasteiger partial charge in [-0.1, -0.05) is 6.92 Å². The summed E-state index contributed by atoms with van der Waals surface area (Å²) < 4.78 is 62.5. The van der Waals surface area contributed by atoms with Crippen molar-refractivity contribution in [1.82, 2.24) is 4.98 Å². The number of anilines is 1. The van der Waals surface area contributed by atoms with Crippen molar-refractivity contribution >= 4 is 21.4 Å². The average Bonchev–Trinajstić information content (AvgIpc) is 2.59. The number of carbonyl (C=O) groups is 1. The van der Waals surface area contributed by atoms with E-state index in [9.17, 15) is 26.4 Å². The molecule has 0 radical (unpaired) electrons. The monoisotopic (exact) mass is 386 g/mol. The van der Waals surface area contributed by atoms with Crippen molar-refractivity contribution in [2.75, 3.05) is 17.7 Å². The summed E-state index contributed by atoms with van der Waals surface area (Å²) in [5, 5.41) is 0. The first-order chi connectivity index (χ1) is 12.0. The van der Waals surface area contributed by atoms with Crippen LogP contribution >= 0.6 is 0 Å². The number of nitrogens with zero attached hydrogens (tertiary/aromatic N) is 2. The van der Waals surface area contributed by atoms with E-state index in [1.165, 1.54) is 26.2 Å². The minimum atomic E-state index is -4.48. The number of rotatable bonds is 4. The van der Waals surface area contributed by atoms with Gasteiger partial charge in [0.1, 0.15) is 5.69 Å². The SMILES string of the molecule is CCS(=O)(=O)c1cc(C)cnc1C(=O)N(C)c1ccc(C(F)(F)F)cc1. The van der Waals surface area contributed by atoms with Crippen molar-refractivity contribution in [2.45, 2.75) is 24.9 Å². The summed E-state index contributed by atoms with van der Waals surface area (Å²) in [4.78, 5) is 17.5. The van der Waals surface area contributed by atoms with Gasteiger partial charge in [-0.2, -0.15) is 13.2 Å². The molecule has 0 aliphatic heterocycles. The molecule has 140 valence electrons. The van der Waals surface area contributed by atoms with Gasteiger partial charge in [-0.05, 0) is 42.8 Å². The third-order valence-electron chi connectivity index (χ3n) is 3.79. The number of aromatic nitrogens is 1. The molecule has 2 rings (SSSR count). The maximum absolute atomic E-state index is 12.7. The summed E-state index contributed by atoms with van der Waals surface area (Å²) in [5.74, 6) is -0.931. The fourth-order valence-electron chi connectivity index (χ4n) is 2.25. The smallest absolute Gasteiger partial charge is 0.310 e. The van der Waals surface area contributed by atoms with Crippen LogP contribution in [-0.2, 0) is 16.0 Å². The molecule has 0 saturated heterocycles. The van der Waals surface area contributed by atoms with E-state index in [0.29, 0.717) is 5.56 Å². The van der Waals surface area contributed by atoms with Crippen molar-refractivity contribution in [3.05, 3.63) is 53.3 Å². The molecule has 0 spiro atoms. The van der Waals surface area contributed by atoms with Crippen molar-refractivity contribution in [3.8, 4) is 0 Å². The predicted molar refractivity (Wildman–Crippen MR) is 90.9 cm³/mol. The van der Waals surface area contributed by atoms with Gasteiger partial charge in [0.15, 0.2) is 9.84 Å². The molecule has 1 aromatic heterocycles. The summed E-state index contributed by atoms with van der Waals surface area (Å²) in [7, 11) is -2.35. The Balaban J connectivity index is 2.43. The van der Waals surface area contributed by atoms with Crippen molar-refractivity contribution in [3.63, 3.8) is 0 Å². The van der Waals surface area contributed by atoms with E-state index in [1.807, 2.05) is 0 Å². The van der Waals surface area contributed by atoms with E-state index in [-0.39, 0.29) is 22.0 Å². The topological polar surface area (TPSA) is 67.3 Å². The normalized spacial score (nSPS) is 12.1. The standard InChI is InChI=1S/C17H17F3N2O3S/c1-4-26(24,25)14-9-11(2)10-21-15(14)16(23)22(3)13-7-5-12(6-8-13)17(18,19)20/h5-10H,4H2,1-3H3. The van der Waals surface area contributed by atoms with Crippen molar-refractivity contribution in [1.29, 1.82) is 0 Å². The second kappa shape index (κ2) is 7.06. The molecule has 0 saturated carbocycles. The molecule has 2 aromatic rings. The van der Waals surface area contributed by atoms with Crippen LogP contribution in [0.15, 0.2) is 41.4 Å². The third kappa shape index (κ3) is 4.04. The lowest BCUT2D eigenvalue weighted by molar-refractivity contribution is -0.137. The zero-order valence-electron chi connectivity index (χ0n) is 14.3. The molecule has 0 aliphatic rings. The molecule has 0 bridgehead atoms. The van der Waals surface area contributed by atoms with E-state index in [4.69, 9.17) is 0 Å². The average molecular weight is 386 g/mol. The highest BCUT2D eigenvalue weighted by Crippen LogP contribution is 2.30. The molecule has 9 heteroatoms. The highest BCUT2D eigenvalue weighted by Gasteiger charge is 2.31. The third-order valence-corrected chi connectivity index (χ3v) is 5.54. The number of benzene rings is 1. The van der Waals surface area contributed by atoms with Crippen molar-refractivity contribution < 1.29 is 26.4 Å². The zero-order valence-corrected chi connectivity index (χ0v) is 15.1. The number of hydrogen-bond acceptors (Lipinski definition) is 4. The summed E-state index contributed by atoms with van der Waals surface area (Å²) in [5.41, 5.74) is -0.347. The zero-order chi connectivity index (χ0) is 19.7. The quantitative estimate of drug-likeness (QED) is 0.807. The van der Waals surface area contributed by atoms with Crippen LogP contribution in [-0.4, -0.2) is 32.1 Å². The molecule has 0 aliphatic carbocycles. The summed E-state index contributed by atoms with van der Waals surface area (Å²) >= 11 is 0. The van der Waals surface area contributed by atoms with Gasteiger partial charge >= 0.3 is 6.18 Å². The number of amides is 1. The van der Waals surface area contributed by atoms with Crippen LogP contribution in [0, 0.1) is 6.92 Å². The lowest BCUT2D eigenvalue weighted by Gasteiger charge is -2.19. The fraction of sp³-hybridized carbons (Fsp3) is 0.294. The molecular weight excluding hydrogens is 369 g/mol. The van der Waals surface area contributed by atoms with Gasteiger partial charge < -0.3 is 4.90 Å². The number of hydrogen-bond donors (Lipinski definition) is 0. The van der Waals surface area contributed by atoms with Crippen LogP contribution in [0.5, 0.6) is 0 Å². The summed E-state index contributed by atoms with van der Waals surface area (Å²) in [6.45, 7) is 3.10. The van der Waals surface area contributed by atoms with Gasteiger partial charge in [0.05, 0.1) is 16.2 Å². The first-order valence-corrected chi connectivity index (χ1v) is 9.27. The van der Waals surface area contributed by atoms with Gasteiger partial charge in [-0.25, -0.2) is 13.4 Å². The Bertz CT molecular complexity index is 923. The highest BCUT2D eigenvalue weighted by molar-refractivity contribution is 7.91. The number of sulfone groups is 1. The van der Waals surface area contributed by atoms with Crippen LogP contribution in [0.3, 0.4) is 0 Å². The maximum atomic E-state index is 12.7. The minimum absolute atomic E-state index is 0.185. The number of aryl methyl sites for hydroxylation is 1. The highest BCUT2D eigenvalue weighted by atomic mass is 32.2. The van der Waals surface area contributed by atoms with Gasteiger partial charge in [0, 0.05) is 18.9 Å². The largest absolute Gasteiger partial charge is 0.416 e. The molecule has 0 N–H and O–H groups in total. The van der Waals surface area contributed by atoms with Crippen LogP contribution in [0.4, 0.5) is 18.9 Å². The second-order valence-electron chi connectivity index (χ2n) is 5.67. The first kappa shape index (κ1) is 19.9. The Morgan fingerprint density at radius 1 is 1.19 bits per heavy atom. The molecule has 0 fully saturated rings. The van der Waals surface area contributed by atoms with Gasteiger partial charge in [0.2, 0.25) is 0 Å². The Morgan fingerprint density at radius 2 is 1.77 bits per heavy atom. The molecule has 0 unspecified atom stereocenters. The van der Waals surface area contributed by atoms with E-state index in [2.05, 4.69) is 4.98 Å². The number of carbonyl (C=O) groups excluding carboxylic acids is 1. The lowest BCUT2D eigenvalue weighted by atomic mass is 10.2. The summed E-state index contributed by atoms with van der Waals surface area (Å²) in [6.07, 6.45) is -3.12. The molecule has 1 amide bonds. The maximum Gasteiger partial charge on any atom is 0.416 e. The Hall–Kier alpha value is -2.42. The van der Waals surface area contributed by atoms with Gasteiger partial charge in [0.25, 0.3) is 5.91 Å². The van der Waals surface area contributed by atoms with Crippen LogP contribution in [0.1, 0.15) is 28.5 Å². The number of alkyl halides is 3. The fourth-order valence-corrected chi connectivity index (χ4v) is 3.36. The minimum Gasteiger partial charge on any atom is -0.310 e. The molecule has 5 nitrogen and oxygen atoms in total. The number of halogens is 3.